The van der Waals surface area contributed by atoms with Crippen molar-refractivity contribution < 1.29 is 14.0 Å². The predicted octanol–water partition coefficient (Wildman–Crippen LogP) is 3.14. The van der Waals surface area contributed by atoms with Gasteiger partial charge in [-0.15, -0.1) is 0 Å². The molecule has 0 fully saturated rings. The Hall–Kier alpha value is -1.58. The molecule has 0 bridgehead atoms. The Balaban J connectivity index is 2.78. The van der Waals surface area contributed by atoms with E-state index in [1.54, 1.807) is 12.1 Å². The van der Waals surface area contributed by atoms with Gasteiger partial charge in [0.05, 0.1) is 5.71 Å². The van der Waals surface area contributed by atoms with Gasteiger partial charge in [-0.3, -0.25) is 0 Å². The van der Waals surface area contributed by atoms with Crippen LogP contribution < -0.4 is 4.74 Å². The summed E-state index contributed by atoms with van der Waals surface area (Å²) >= 11 is 0. The zero-order valence-corrected chi connectivity index (χ0v) is 9.57. The zero-order valence-electron chi connectivity index (χ0n) is 9.57. The molecule has 0 N–H and O–H groups in total. The van der Waals surface area contributed by atoms with Gasteiger partial charge in [-0.05, 0) is 43.2 Å². The van der Waals surface area contributed by atoms with Gasteiger partial charge < -0.3 is 9.57 Å². The van der Waals surface area contributed by atoms with Crippen LogP contribution in [0.15, 0.2) is 29.4 Å². The maximum atomic E-state index is 11.9. The van der Waals surface area contributed by atoms with Gasteiger partial charge in [0.2, 0.25) is 6.86 Å². The number of oxime groups is 1. The molecule has 0 saturated carbocycles. The number of alkyl halides is 1. The van der Waals surface area contributed by atoms with E-state index in [9.17, 15) is 4.39 Å². The molecule has 4 heteroatoms. The van der Waals surface area contributed by atoms with E-state index < -0.39 is 6.86 Å². The number of hydrogen-bond donors (Lipinski definition) is 0. The molecule has 1 rings (SSSR count). The summed E-state index contributed by atoms with van der Waals surface area (Å²) in [5, 5.41) is 4.01. The first-order valence-electron chi connectivity index (χ1n) is 5.29. The molecule has 0 atom stereocenters. The second-order valence-corrected chi connectivity index (χ2v) is 3.09. The minimum absolute atomic E-state index is 0.512. The van der Waals surface area contributed by atoms with E-state index in [0.29, 0.717) is 12.4 Å². The molecule has 0 radical (unpaired) electrons. The number of ether oxygens (including phenoxy) is 1. The van der Waals surface area contributed by atoms with Crippen LogP contribution in [-0.2, 0) is 4.84 Å². The molecular formula is C12H16FNO2. The van der Waals surface area contributed by atoms with Gasteiger partial charge >= 0.3 is 0 Å². The third-order valence-electron chi connectivity index (χ3n) is 2.05. The number of nitrogens with zero attached hydrogens (tertiary/aromatic N) is 1. The van der Waals surface area contributed by atoms with Crippen LogP contribution in [0, 0.1) is 0 Å². The Morgan fingerprint density at radius 1 is 1.25 bits per heavy atom. The normalized spacial score (nSPS) is 11.3. The van der Waals surface area contributed by atoms with Crippen molar-refractivity contribution in [1.82, 2.24) is 0 Å². The number of halogens is 1. The maximum Gasteiger partial charge on any atom is 0.228 e. The predicted molar refractivity (Wildman–Crippen MR) is 61.5 cm³/mol. The van der Waals surface area contributed by atoms with Crippen LogP contribution in [0.2, 0.25) is 0 Å². The second-order valence-electron chi connectivity index (χ2n) is 3.09. The highest BCUT2D eigenvalue weighted by Gasteiger charge is 2.02. The molecule has 0 aliphatic heterocycles. The van der Waals surface area contributed by atoms with Crippen molar-refractivity contribution in [1.29, 1.82) is 0 Å². The van der Waals surface area contributed by atoms with Crippen molar-refractivity contribution >= 4 is 5.71 Å². The molecule has 0 aliphatic carbocycles. The van der Waals surface area contributed by atoms with Gasteiger partial charge in [-0.1, -0.05) is 12.1 Å². The Labute approximate surface area is 94.9 Å². The van der Waals surface area contributed by atoms with E-state index in [4.69, 9.17) is 9.57 Å². The fourth-order valence-electron chi connectivity index (χ4n) is 1.27. The molecular weight excluding hydrogens is 209 g/mol. The van der Waals surface area contributed by atoms with Crippen LogP contribution in [0.5, 0.6) is 5.75 Å². The maximum absolute atomic E-state index is 11.9. The molecule has 1 aromatic carbocycles. The van der Waals surface area contributed by atoms with E-state index in [-0.39, 0.29) is 0 Å². The van der Waals surface area contributed by atoms with E-state index in [0.717, 1.165) is 17.7 Å². The number of benzene rings is 1. The molecule has 0 spiro atoms. The first-order valence-corrected chi connectivity index (χ1v) is 5.29. The summed E-state index contributed by atoms with van der Waals surface area (Å²) in [6.45, 7) is 3.62. The lowest BCUT2D eigenvalue weighted by atomic mass is 10.1. The van der Waals surface area contributed by atoms with Gasteiger partial charge in [-0.25, -0.2) is 4.39 Å². The standard InChI is InChI=1S/C12H16FNO2/c1-3-12(14-16-4-2)10-5-7-11(8-6-10)15-9-13/h5-8H,3-4,9H2,1-2H3/b14-12+. The van der Waals surface area contributed by atoms with Crippen molar-refractivity contribution in [3.8, 4) is 5.75 Å². The van der Waals surface area contributed by atoms with Crippen LogP contribution in [0.4, 0.5) is 4.39 Å². The van der Waals surface area contributed by atoms with Crippen LogP contribution in [0.3, 0.4) is 0 Å². The molecule has 0 unspecified atom stereocenters. The minimum Gasteiger partial charge on any atom is -0.463 e. The van der Waals surface area contributed by atoms with Crippen molar-refractivity contribution in [2.24, 2.45) is 5.16 Å². The van der Waals surface area contributed by atoms with Crippen LogP contribution in [0.1, 0.15) is 25.8 Å². The molecule has 88 valence electrons. The lowest BCUT2D eigenvalue weighted by Gasteiger charge is -2.05. The summed E-state index contributed by atoms with van der Waals surface area (Å²) in [5.74, 6) is 0.512. The topological polar surface area (TPSA) is 30.8 Å². The zero-order chi connectivity index (χ0) is 11.8. The Kier molecular flexibility index (Phi) is 5.32. The average Bonchev–Trinajstić information content (AvgIpc) is 2.32. The van der Waals surface area contributed by atoms with Gasteiger partial charge in [0.1, 0.15) is 12.4 Å². The third kappa shape index (κ3) is 3.53. The molecule has 0 amide bonds. The molecule has 1 aromatic rings. The third-order valence-corrected chi connectivity index (χ3v) is 2.05. The SMILES string of the molecule is CCO/N=C(\CC)c1ccc(OCF)cc1. The quantitative estimate of drug-likeness (QED) is 0.550. The molecule has 0 heterocycles. The Morgan fingerprint density at radius 2 is 1.94 bits per heavy atom. The number of rotatable bonds is 6. The molecule has 0 saturated heterocycles. The van der Waals surface area contributed by atoms with E-state index in [1.807, 2.05) is 26.0 Å². The van der Waals surface area contributed by atoms with Crippen LogP contribution >= 0.6 is 0 Å². The fourth-order valence-corrected chi connectivity index (χ4v) is 1.27. The molecule has 0 aliphatic rings. The summed E-state index contributed by atoms with van der Waals surface area (Å²) in [6.07, 6.45) is 0.781. The fraction of sp³-hybridized carbons (Fsp3) is 0.417. The van der Waals surface area contributed by atoms with Gasteiger partial charge in [-0.2, -0.15) is 0 Å². The first-order chi connectivity index (χ1) is 7.81. The summed E-state index contributed by atoms with van der Waals surface area (Å²) in [5.41, 5.74) is 1.83. The smallest absolute Gasteiger partial charge is 0.228 e. The van der Waals surface area contributed by atoms with Crippen molar-refractivity contribution in [3.63, 3.8) is 0 Å². The number of hydrogen-bond acceptors (Lipinski definition) is 3. The second kappa shape index (κ2) is 6.82. The first kappa shape index (κ1) is 12.5. The molecule has 0 aromatic heterocycles. The average molecular weight is 225 g/mol. The summed E-state index contributed by atoms with van der Waals surface area (Å²) in [4.78, 5) is 5.02. The van der Waals surface area contributed by atoms with Gasteiger partial charge in [0.25, 0.3) is 0 Å². The lowest BCUT2D eigenvalue weighted by Crippen LogP contribution is -2.00. The molecule has 16 heavy (non-hydrogen) atoms. The van der Waals surface area contributed by atoms with E-state index in [1.165, 1.54) is 0 Å². The van der Waals surface area contributed by atoms with Crippen LogP contribution in [0.25, 0.3) is 0 Å². The minimum atomic E-state index is -0.812. The highest BCUT2D eigenvalue weighted by atomic mass is 19.1. The summed E-state index contributed by atoms with van der Waals surface area (Å²) in [6, 6.07) is 7.11. The van der Waals surface area contributed by atoms with Crippen molar-refractivity contribution in [2.75, 3.05) is 13.5 Å². The van der Waals surface area contributed by atoms with E-state index >= 15 is 0 Å². The summed E-state index contributed by atoms with van der Waals surface area (Å²) < 4.78 is 16.6. The molecule has 3 nitrogen and oxygen atoms in total. The van der Waals surface area contributed by atoms with Gasteiger partial charge in [0.15, 0.2) is 0 Å². The highest BCUT2D eigenvalue weighted by Crippen LogP contribution is 2.14. The Bertz CT molecular complexity index is 335. The largest absolute Gasteiger partial charge is 0.463 e. The Morgan fingerprint density at radius 3 is 2.44 bits per heavy atom. The van der Waals surface area contributed by atoms with Crippen molar-refractivity contribution in [2.45, 2.75) is 20.3 Å². The monoisotopic (exact) mass is 225 g/mol. The lowest BCUT2D eigenvalue weighted by molar-refractivity contribution is 0.158. The summed E-state index contributed by atoms with van der Waals surface area (Å²) in [7, 11) is 0. The van der Waals surface area contributed by atoms with Crippen molar-refractivity contribution in [3.05, 3.63) is 29.8 Å². The van der Waals surface area contributed by atoms with Gasteiger partial charge in [0, 0.05) is 0 Å². The highest BCUT2D eigenvalue weighted by molar-refractivity contribution is 6.00. The van der Waals surface area contributed by atoms with Crippen LogP contribution in [-0.4, -0.2) is 19.2 Å². The van der Waals surface area contributed by atoms with E-state index in [2.05, 4.69) is 5.16 Å².